The van der Waals surface area contributed by atoms with Crippen LogP contribution in [0.2, 0.25) is 0 Å². The van der Waals surface area contributed by atoms with Gasteiger partial charge in [-0.3, -0.25) is 19.5 Å². The summed E-state index contributed by atoms with van der Waals surface area (Å²) in [6.07, 6.45) is 1.80. The molecule has 166 valence electrons. The Balaban J connectivity index is 1.18. The van der Waals surface area contributed by atoms with Gasteiger partial charge in [0.15, 0.2) is 0 Å². The maximum atomic E-state index is 13.4. The number of hydrogen-bond acceptors (Lipinski definition) is 5. The Morgan fingerprint density at radius 3 is 2.73 bits per heavy atom. The van der Waals surface area contributed by atoms with E-state index in [1.165, 1.54) is 5.56 Å². The molecule has 0 aliphatic carbocycles. The summed E-state index contributed by atoms with van der Waals surface area (Å²) >= 11 is 0. The molecule has 2 aromatic heterocycles. The number of para-hydroxylation sites is 1. The predicted molar refractivity (Wildman–Crippen MR) is 124 cm³/mol. The van der Waals surface area contributed by atoms with Gasteiger partial charge in [0, 0.05) is 43.1 Å². The van der Waals surface area contributed by atoms with E-state index >= 15 is 0 Å². The van der Waals surface area contributed by atoms with E-state index in [2.05, 4.69) is 28.1 Å². The first-order chi connectivity index (χ1) is 16.1. The van der Waals surface area contributed by atoms with Crippen molar-refractivity contribution in [2.75, 3.05) is 26.2 Å². The second kappa shape index (κ2) is 8.01. The van der Waals surface area contributed by atoms with Gasteiger partial charge in [-0.25, -0.2) is 0 Å². The molecule has 0 N–H and O–H groups in total. The molecule has 0 radical (unpaired) electrons. The van der Waals surface area contributed by atoms with E-state index in [1.807, 2.05) is 42.5 Å². The minimum Gasteiger partial charge on any atom is -0.459 e. The Hall–Kier alpha value is -3.71. The number of carbonyl (C=O) groups is 2. The second-order valence-electron chi connectivity index (χ2n) is 8.81. The Morgan fingerprint density at radius 2 is 1.82 bits per heavy atom. The fourth-order valence-corrected chi connectivity index (χ4v) is 4.95. The monoisotopic (exact) mass is 440 g/mol. The average molecular weight is 441 g/mol. The number of piperazine rings is 2. The third-order valence-electron chi connectivity index (χ3n) is 6.60. The molecule has 1 atom stereocenters. The van der Waals surface area contributed by atoms with Crippen molar-refractivity contribution in [1.29, 1.82) is 0 Å². The lowest BCUT2D eigenvalue weighted by Gasteiger charge is -2.46. The van der Waals surface area contributed by atoms with Gasteiger partial charge in [0.1, 0.15) is 23.9 Å². The number of pyridine rings is 1. The van der Waals surface area contributed by atoms with E-state index in [1.54, 1.807) is 16.0 Å². The van der Waals surface area contributed by atoms with E-state index in [9.17, 15) is 9.59 Å². The number of carbonyl (C=O) groups excluding carboxylic acids is 2. The van der Waals surface area contributed by atoms with Crippen molar-refractivity contribution in [2.24, 2.45) is 0 Å². The van der Waals surface area contributed by atoms with Crippen molar-refractivity contribution >= 4 is 33.7 Å². The number of aromatic nitrogens is 1. The van der Waals surface area contributed by atoms with Crippen molar-refractivity contribution in [2.45, 2.75) is 19.1 Å². The van der Waals surface area contributed by atoms with Crippen LogP contribution >= 0.6 is 0 Å². The highest BCUT2D eigenvalue weighted by atomic mass is 16.3. The molecule has 6 rings (SSSR count). The molecule has 1 unspecified atom stereocenters. The van der Waals surface area contributed by atoms with Crippen LogP contribution < -0.4 is 0 Å². The highest BCUT2D eigenvalue weighted by molar-refractivity contribution is 5.95. The van der Waals surface area contributed by atoms with Gasteiger partial charge in [-0.1, -0.05) is 30.3 Å². The van der Waals surface area contributed by atoms with Gasteiger partial charge in [-0.2, -0.15) is 0 Å². The fraction of sp³-hybridized carbons (Fsp3) is 0.269. The molecule has 4 aromatic rings. The summed E-state index contributed by atoms with van der Waals surface area (Å²) in [6.45, 7) is 3.00. The molecule has 2 saturated heterocycles. The van der Waals surface area contributed by atoms with Crippen LogP contribution in [0.3, 0.4) is 0 Å². The predicted octanol–water partition coefficient (Wildman–Crippen LogP) is 3.04. The van der Waals surface area contributed by atoms with Crippen molar-refractivity contribution in [3.63, 3.8) is 0 Å². The van der Waals surface area contributed by atoms with Gasteiger partial charge in [0.25, 0.3) is 0 Å². The minimum absolute atomic E-state index is 0.00661. The van der Waals surface area contributed by atoms with E-state index in [0.717, 1.165) is 35.0 Å². The first-order valence-electron chi connectivity index (χ1n) is 11.3. The molecule has 2 fully saturated rings. The number of rotatable bonds is 4. The first kappa shape index (κ1) is 19.9. The highest BCUT2D eigenvalue weighted by Crippen LogP contribution is 2.24. The summed E-state index contributed by atoms with van der Waals surface area (Å²) in [5.41, 5.74) is 2.94. The van der Waals surface area contributed by atoms with Crippen molar-refractivity contribution in [3.8, 4) is 0 Å². The topological polar surface area (TPSA) is 69.9 Å². The molecule has 2 amide bonds. The molecule has 2 aliphatic heterocycles. The Morgan fingerprint density at radius 1 is 0.939 bits per heavy atom. The lowest BCUT2D eigenvalue weighted by atomic mass is 10.0. The van der Waals surface area contributed by atoms with Crippen molar-refractivity contribution in [3.05, 3.63) is 78.2 Å². The summed E-state index contributed by atoms with van der Waals surface area (Å²) in [7, 11) is 0. The lowest BCUT2D eigenvalue weighted by molar-refractivity contribution is -0.160. The van der Waals surface area contributed by atoms with E-state index in [0.29, 0.717) is 25.4 Å². The molecular formula is C26H24N4O3. The molecule has 4 heterocycles. The summed E-state index contributed by atoms with van der Waals surface area (Å²) in [6, 6.07) is 19.5. The smallest absolute Gasteiger partial charge is 0.247 e. The van der Waals surface area contributed by atoms with Crippen LogP contribution in [0.5, 0.6) is 0 Å². The van der Waals surface area contributed by atoms with Crippen LogP contribution in [0.25, 0.3) is 21.9 Å². The average Bonchev–Trinajstić information content (AvgIpc) is 3.25. The molecule has 7 heteroatoms. The van der Waals surface area contributed by atoms with Crippen molar-refractivity contribution < 1.29 is 14.0 Å². The highest BCUT2D eigenvalue weighted by Gasteiger charge is 2.42. The second-order valence-corrected chi connectivity index (χ2v) is 8.81. The van der Waals surface area contributed by atoms with Crippen LogP contribution in [-0.4, -0.2) is 63.7 Å². The zero-order valence-electron chi connectivity index (χ0n) is 18.2. The standard InChI is InChI=1S/C26H24N4O3/c31-25-17-29(15-21-13-20-4-1-2-6-24(20)33-21)26(32)23-16-28(10-11-30(23)25)14-18-7-8-22-19(12-18)5-3-9-27-22/h1-9,12-13,23H,10-11,14-17H2. The summed E-state index contributed by atoms with van der Waals surface area (Å²) in [5, 5.41) is 2.11. The van der Waals surface area contributed by atoms with Gasteiger partial charge >= 0.3 is 0 Å². The SMILES string of the molecule is O=C1C2CN(Cc3ccc4ncccc4c3)CCN2C(=O)CN1Cc1cc2ccccc2o1. The van der Waals surface area contributed by atoms with Gasteiger partial charge in [-0.05, 0) is 35.9 Å². The summed E-state index contributed by atoms with van der Waals surface area (Å²) in [5.74, 6) is 0.692. The molecule has 2 aromatic carbocycles. The zero-order chi connectivity index (χ0) is 22.4. The van der Waals surface area contributed by atoms with Crippen LogP contribution in [0.15, 0.2) is 71.3 Å². The Bertz CT molecular complexity index is 1330. The molecule has 0 spiro atoms. The molecule has 0 saturated carbocycles. The number of fused-ring (bicyclic) bond motifs is 3. The van der Waals surface area contributed by atoms with Crippen LogP contribution in [0.4, 0.5) is 0 Å². The number of benzene rings is 2. The Kier molecular flexibility index (Phi) is 4.84. The van der Waals surface area contributed by atoms with Crippen LogP contribution in [0, 0.1) is 0 Å². The first-order valence-corrected chi connectivity index (χ1v) is 11.3. The van der Waals surface area contributed by atoms with Crippen LogP contribution in [-0.2, 0) is 22.7 Å². The molecule has 0 bridgehead atoms. The third-order valence-corrected chi connectivity index (χ3v) is 6.60. The Labute approximate surface area is 191 Å². The number of hydrogen-bond donors (Lipinski definition) is 0. The third kappa shape index (κ3) is 3.74. The normalized spacial score (nSPS) is 19.5. The molecule has 7 nitrogen and oxygen atoms in total. The molecule has 33 heavy (non-hydrogen) atoms. The largest absolute Gasteiger partial charge is 0.459 e. The minimum atomic E-state index is -0.452. The fourth-order valence-electron chi connectivity index (χ4n) is 4.95. The lowest BCUT2D eigenvalue weighted by Crippen LogP contribution is -2.66. The quantitative estimate of drug-likeness (QED) is 0.488. The maximum Gasteiger partial charge on any atom is 0.247 e. The van der Waals surface area contributed by atoms with E-state index in [4.69, 9.17) is 4.42 Å². The van der Waals surface area contributed by atoms with Gasteiger partial charge in [0.05, 0.1) is 12.1 Å². The van der Waals surface area contributed by atoms with E-state index in [-0.39, 0.29) is 18.4 Å². The number of furan rings is 1. The number of amides is 2. The van der Waals surface area contributed by atoms with Gasteiger partial charge < -0.3 is 14.2 Å². The van der Waals surface area contributed by atoms with Gasteiger partial charge in [0.2, 0.25) is 11.8 Å². The molecular weight excluding hydrogens is 416 g/mol. The van der Waals surface area contributed by atoms with Crippen LogP contribution in [0.1, 0.15) is 11.3 Å². The number of nitrogens with zero attached hydrogens (tertiary/aromatic N) is 4. The maximum absolute atomic E-state index is 13.4. The molecule has 2 aliphatic rings. The summed E-state index contributed by atoms with van der Waals surface area (Å²) < 4.78 is 5.89. The zero-order valence-corrected chi connectivity index (χ0v) is 18.2. The van der Waals surface area contributed by atoms with Gasteiger partial charge in [-0.15, -0.1) is 0 Å². The van der Waals surface area contributed by atoms with E-state index < -0.39 is 6.04 Å². The van der Waals surface area contributed by atoms with Crippen molar-refractivity contribution in [1.82, 2.24) is 19.7 Å². The summed E-state index contributed by atoms with van der Waals surface area (Å²) in [4.78, 5) is 36.2.